The van der Waals surface area contributed by atoms with E-state index in [4.69, 9.17) is 10.3 Å². The van der Waals surface area contributed by atoms with Gasteiger partial charge in [-0.15, -0.1) is 11.3 Å². The second-order valence-electron chi connectivity index (χ2n) is 4.22. The molecule has 2 heterocycles. The van der Waals surface area contributed by atoms with E-state index in [-0.39, 0.29) is 0 Å². The third-order valence-electron chi connectivity index (χ3n) is 2.83. The van der Waals surface area contributed by atoms with Crippen LogP contribution in [0.4, 0.5) is 5.13 Å². The monoisotopic (exact) mass is 236 g/mol. The average Bonchev–Trinajstić information content (AvgIpc) is 2.65. The number of nitrogens with two attached hydrogens (primary N) is 1. The van der Waals surface area contributed by atoms with Crippen molar-refractivity contribution < 1.29 is 4.52 Å². The first kappa shape index (κ1) is 9.77. The second kappa shape index (κ2) is 3.55. The van der Waals surface area contributed by atoms with Gasteiger partial charge in [-0.3, -0.25) is 0 Å². The third-order valence-corrected chi connectivity index (χ3v) is 3.55. The molecule has 2 atom stereocenters. The Kier molecular flexibility index (Phi) is 2.17. The van der Waals surface area contributed by atoms with E-state index in [9.17, 15) is 0 Å². The number of rotatable bonds is 3. The lowest BCUT2D eigenvalue weighted by Gasteiger charge is -1.87. The molecule has 0 bridgehead atoms. The molecule has 0 amide bonds. The smallest absolute Gasteiger partial charge is 0.232 e. The number of aromatic nitrogens is 3. The topological polar surface area (TPSA) is 77.8 Å². The lowest BCUT2D eigenvalue weighted by Crippen LogP contribution is -1.91. The van der Waals surface area contributed by atoms with Crippen LogP contribution in [-0.2, 0) is 6.42 Å². The van der Waals surface area contributed by atoms with Gasteiger partial charge in [-0.05, 0) is 12.3 Å². The number of hydrogen-bond donors (Lipinski definition) is 1. The fourth-order valence-electron chi connectivity index (χ4n) is 1.73. The van der Waals surface area contributed by atoms with E-state index < -0.39 is 0 Å². The van der Waals surface area contributed by atoms with E-state index >= 15 is 0 Å². The number of nitrogen functional groups attached to an aromatic ring is 1. The minimum atomic E-state index is 0.498. The predicted molar refractivity (Wildman–Crippen MR) is 60.2 cm³/mol. The third kappa shape index (κ3) is 1.80. The van der Waals surface area contributed by atoms with Crippen molar-refractivity contribution in [3.8, 4) is 0 Å². The summed E-state index contributed by atoms with van der Waals surface area (Å²) >= 11 is 1.43. The van der Waals surface area contributed by atoms with E-state index in [0.29, 0.717) is 29.3 Å². The minimum absolute atomic E-state index is 0.498. The van der Waals surface area contributed by atoms with E-state index in [2.05, 4.69) is 22.0 Å². The summed E-state index contributed by atoms with van der Waals surface area (Å²) in [6.07, 6.45) is 1.74. The minimum Gasteiger partial charge on any atom is -0.375 e. The average molecular weight is 236 g/mol. The normalized spacial score (nSPS) is 23.6. The molecular formula is C10H12N4OS. The quantitative estimate of drug-likeness (QED) is 0.879. The Balaban J connectivity index is 1.73. The molecule has 1 saturated carbocycles. The zero-order chi connectivity index (χ0) is 11.1. The molecular weight excluding hydrogens is 224 g/mol. The first-order valence-corrected chi connectivity index (χ1v) is 6.12. The molecule has 1 fully saturated rings. The number of hydrogen-bond acceptors (Lipinski definition) is 6. The lowest BCUT2D eigenvalue weighted by molar-refractivity contribution is 0.378. The van der Waals surface area contributed by atoms with Crippen LogP contribution in [0, 0.1) is 5.92 Å². The van der Waals surface area contributed by atoms with E-state index in [0.717, 1.165) is 11.5 Å². The molecule has 84 valence electrons. The molecule has 0 spiro atoms. The fraction of sp³-hybridized carbons (Fsp3) is 0.500. The Bertz CT molecular complexity index is 506. The number of thiazole rings is 1. The van der Waals surface area contributed by atoms with Crippen molar-refractivity contribution in [2.24, 2.45) is 5.92 Å². The van der Waals surface area contributed by atoms with Crippen LogP contribution >= 0.6 is 11.3 Å². The van der Waals surface area contributed by atoms with Crippen LogP contribution in [0.25, 0.3) is 0 Å². The molecule has 0 aromatic carbocycles. The zero-order valence-corrected chi connectivity index (χ0v) is 9.70. The van der Waals surface area contributed by atoms with Gasteiger partial charge in [0.25, 0.3) is 0 Å². The van der Waals surface area contributed by atoms with Gasteiger partial charge in [0.15, 0.2) is 11.0 Å². The predicted octanol–water partition coefficient (Wildman–Crippen LogP) is 1.82. The maximum atomic E-state index is 5.55. The maximum absolute atomic E-state index is 5.55. The summed E-state index contributed by atoms with van der Waals surface area (Å²) in [6, 6.07) is 0. The molecule has 2 aromatic heterocycles. The van der Waals surface area contributed by atoms with Crippen molar-refractivity contribution in [1.82, 2.24) is 15.1 Å². The molecule has 0 radical (unpaired) electrons. The van der Waals surface area contributed by atoms with Crippen LogP contribution in [0.2, 0.25) is 0 Å². The molecule has 1 aliphatic rings. The summed E-state index contributed by atoms with van der Waals surface area (Å²) in [4.78, 5) is 8.53. The van der Waals surface area contributed by atoms with Gasteiger partial charge in [-0.2, -0.15) is 4.98 Å². The molecule has 1 aliphatic carbocycles. The number of nitrogens with zero attached hydrogens (tertiary/aromatic N) is 3. The van der Waals surface area contributed by atoms with Crippen LogP contribution in [0.5, 0.6) is 0 Å². The molecule has 2 N–H and O–H groups in total. The summed E-state index contributed by atoms with van der Waals surface area (Å²) < 4.78 is 5.19. The Labute approximate surface area is 96.7 Å². The van der Waals surface area contributed by atoms with Crippen LogP contribution in [-0.4, -0.2) is 15.1 Å². The molecule has 0 aliphatic heterocycles. The van der Waals surface area contributed by atoms with Crippen LogP contribution in [0.1, 0.15) is 36.7 Å². The maximum Gasteiger partial charge on any atom is 0.232 e. The van der Waals surface area contributed by atoms with Crippen molar-refractivity contribution in [2.45, 2.75) is 25.7 Å². The molecule has 16 heavy (non-hydrogen) atoms. The SMILES string of the molecule is CC1CC1c1noc(Cc2csc(N)n2)n1. The van der Waals surface area contributed by atoms with Crippen molar-refractivity contribution in [3.63, 3.8) is 0 Å². The molecule has 5 nitrogen and oxygen atoms in total. The Morgan fingerprint density at radius 2 is 2.38 bits per heavy atom. The van der Waals surface area contributed by atoms with Gasteiger partial charge >= 0.3 is 0 Å². The van der Waals surface area contributed by atoms with Crippen molar-refractivity contribution in [1.29, 1.82) is 0 Å². The molecule has 2 aromatic rings. The zero-order valence-electron chi connectivity index (χ0n) is 8.88. The highest BCUT2D eigenvalue weighted by atomic mass is 32.1. The van der Waals surface area contributed by atoms with Crippen LogP contribution < -0.4 is 5.73 Å². The Morgan fingerprint density at radius 1 is 1.56 bits per heavy atom. The van der Waals surface area contributed by atoms with Crippen molar-refractivity contribution >= 4 is 16.5 Å². The van der Waals surface area contributed by atoms with Gasteiger partial charge in [0.1, 0.15) is 0 Å². The first-order chi connectivity index (χ1) is 7.72. The van der Waals surface area contributed by atoms with E-state index in [1.165, 1.54) is 17.8 Å². The fourth-order valence-corrected chi connectivity index (χ4v) is 2.29. The van der Waals surface area contributed by atoms with Crippen molar-refractivity contribution in [3.05, 3.63) is 22.8 Å². The van der Waals surface area contributed by atoms with Crippen molar-refractivity contribution in [2.75, 3.05) is 5.73 Å². The highest BCUT2D eigenvalue weighted by Crippen LogP contribution is 2.45. The van der Waals surface area contributed by atoms with Gasteiger partial charge in [-0.1, -0.05) is 12.1 Å². The largest absolute Gasteiger partial charge is 0.375 e. The van der Waals surface area contributed by atoms with E-state index in [1.54, 1.807) is 0 Å². The van der Waals surface area contributed by atoms with E-state index in [1.807, 2.05) is 5.38 Å². The number of anilines is 1. The van der Waals surface area contributed by atoms with Crippen LogP contribution in [0.15, 0.2) is 9.90 Å². The molecule has 2 unspecified atom stereocenters. The highest BCUT2D eigenvalue weighted by molar-refractivity contribution is 7.13. The standard InChI is InChI=1S/C10H12N4OS/c1-5-2-7(5)9-13-8(15-14-9)3-6-4-16-10(11)12-6/h4-5,7H,2-3H2,1H3,(H2,11,12). The van der Waals surface area contributed by atoms with Gasteiger partial charge in [-0.25, -0.2) is 4.98 Å². The Morgan fingerprint density at radius 3 is 3.00 bits per heavy atom. The Hall–Kier alpha value is -1.43. The molecule has 3 rings (SSSR count). The first-order valence-electron chi connectivity index (χ1n) is 5.24. The van der Waals surface area contributed by atoms with Crippen LogP contribution in [0.3, 0.4) is 0 Å². The second-order valence-corrected chi connectivity index (χ2v) is 5.11. The summed E-state index contributed by atoms with van der Waals surface area (Å²) in [6.45, 7) is 2.20. The summed E-state index contributed by atoms with van der Waals surface area (Å²) in [7, 11) is 0. The summed E-state index contributed by atoms with van der Waals surface area (Å²) in [5.74, 6) is 2.66. The van der Waals surface area contributed by atoms with Gasteiger partial charge in [0.05, 0.1) is 12.1 Å². The molecule has 0 saturated heterocycles. The van der Waals surface area contributed by atoms with Gasteiger partial charge in [0, 0.05) is 11.3 Å². The van der Waals surface area contributed by atoms with Gasteiger partial charge < -0.3 is 10.3 Å². The summed E-state index contributed by atoms with van der Waals surface area (Å²) in [5.41, 5.74) is 6.44. The van der Waals surface area contributed by atoms with Gasteiger partial charge in [0.2, 0.25) is 5.89 Å². The highest BCUT2D eigenvalue weighted by Gasteiger charge is 2.38. The summed E-state index contributed by atoms with van der Waals surface area (Å²) in [5, 5.41) is 6.48. The lowest BCUT2D eigenvalue weighted by atomic mass is 10.3. The molecule has 6 heteroatoms.